The Labute approximate surface area is 167 Å². The highest BCUT2D eigenvalue weighted by Gasteiger charge is 2.13. The average Bonchev–Trinajstić information content (AvgIpc) is 2.73. The number of methoxy groups -OCH3 is 2. The number of ether oxygens (including phenoxy) is 2. The van der Waals surface area contributed by atoms with E-state index < -0.39 is 5.97 Å². The van der Waals surface area contributed by atoms with Crippen molar-refractivity contribution in [1.29, 1.82) is 0 Å². The van der Waals surface area contributed by atoms with Crippen LogP contribution in [0.1, 0.15) is 39.9 Å². The third-order valence-corrected chi connectivity index (χ3v) is 4.57. The molecule has 2 aromatic rings. The summed E-state index contributed by atoms with van der Waals surface area (Å²) in [6.45, 7) is 5.55. The number of hydrogen-bond acceptors (Lipinski definition) is 4. The monoisotopic (exact) mass is 383 g/mol. The summed E-state index contributed by atoms with van der Waals surface area (Å²) < 4.78 is 10.0. The van der Waals surface area contributed by atoms with Crippen LogP contribution in [0.15, 0.2) is 47.5 Å². The third-order valence-electron chi connectivity index (χ3n) is 4.57. The maximum Gasteiger partial charge on any atom is 0.341 e. The van der Waals surface area contributed by atoms with Crippen molar-refractivity contribution in [2.24, 2.45) is 4.99 Å². The van der Waals surface area contributed by atoms with E-state index in [-0.39, 0.29) is 0 Å². The van der Waals surface area contributed by atoms with E-state index in [1.807, 2.05) is 6.07 Å². The number of carbonyl (C=O) groups is 1. The van der Waals surface area contributed by atoms with Crippen LogP contribution in [0.2, 0.25) is 0 Å². The van der Waals surface area contributed by atoms with Crippen molar-refractivity contribution in [3.05, 3.63) is 64.7 Å². The Kier molecular flexibility index (Phi) is 7.87. The van der Waals surface area contributed by atoms with Crippen LogP contribution >= 0.6 is 0 Å². The third kappa shape index (κ3) is 5.74. The minimum Gasteiger partial charge on any atom is -0.496 e. The maximum absolute atomic E-state index is 11.9. The van der Waals surface area contributed by atoms with E-state index in [1.54, 1.807) is 19.2 Å². The van der Waals surface area contributed by atoms with Crippen LogP contribution < -0.4 is 15.4 Å². The molecule has 0 saturated heterocycles. The molecule has 0 bridgehead atoms. The lowest BCUT2D eigenvalue weighted by atomic mass is 10.0. The summed E-state index contributed by atoms with van der Waals surface area (Å²) in [5.41, 5.74) is 3.87. The molecule has 6 nitrogen and oxygen atoms in total. The Morgan fingerprint density at radius 3 is 2.43 bits per heavy atom. The Bertz CT molecular complexity index is 816. The van der Waals surface area contributed by atoms with Crippen LogP contribution in [0.4, 0.5) is 0 Å². The summed E-state index contributed by atoms with van der Waals surface area (Å²) in [5, 5.41) is 6.62. The second kappa shape index (κ2) is 10.3. The normalized spacial score (nSPS) is 12.2. The van der Waals surface area contributed by atoms with Crippen molar-refractivity contribution >= 4 is 11.9 Å². The summed E-state index contributed by atoms with van der Waals surface area (Å²) >= 11 is 0. The number of esters is 1. The molecule has 6 heteroatoms. The number of benzene rings is 2. The molecule has 0 aromatic heterocycles. The molecule has 2 rings (SSSR count). The highest BCUT2D eigenvalue weighted by atomic mass is 16.5. The smallest absolute Gasteiger partial charge is 0.341 e. The number of nitrogens with zero attached hydrogens (tertiary/aromatic N) is 1. The molecule has 150 valence electrons. The summed E-state index contributed by atoms with van der Waals surface area (Å²) in [7, 11) is 4.62. The molecule has 0 aliphatic heterocycles. The highest BCUT2D eigenvalue weighted by Crippen LogP contribution is 2.20. The number of nitrogens with one attached hydrogen (secondary N) is 2. The van der Waals surface area contributed by atoms with Gasteiger partial charge in [0.25, 0.3) is 0 Å². The fourth-order valence-electron chi connectivity index (χ4n) is 2.80. The molecule has 0 saturated carbocycles. The molecule has 2 aromatic carbocycles. The van der Waals surface area contributed by atoms with E-state index in [2.05, 4.69) is 53.7 Å². The van der Waals surface area contributed by atoms with Crippen molar-refractivity contribution in [3.63, 3.8) is 0 Å². The van der Waals surface area contributed by atoms with Gasteiger partial charge in [0.15, 0.2) is 5.96 Å². The summed E-state index contributed by atoms with van der Waals surface area (Å²) in [4.78, 5) is 16.2. The van der Waals surface area contributed by atoms with Crippen LogP contribution in [0.5, 0.6) is 5.75 Å². The number of aryl methyl sites for hydroxylation is 1. The first-order valence-electron chi connectivity index (χ1n) is 9.24. The van der Waals surface area contributed by atoms with Gasteiger partial charge in [-0.2, -0.15) is 0 Å². The topological polar surface area (TPSA) is 72.0 Å². The number of guanidine groups is 1. The van der Waals surface area contributed by atoms with Gasteiger partial charge in [0.05, 0.1) is 14.2 Å². The van der Waals surface area contributed by atoms with Gasteiger partial charge in [0, 0.05) is 20.1 Å². The van der Waals surface area contributed by atoms with E-state index >= 15 is 0 Å². The van der Waals surface area contributed by atoms with Crippen LogP contribution in [0.3, 0.4) is 0 Å². The number of carbonyl (C=O) groups excluding carboxylic acids is 1. The average molecular weight is 383 g/mol. The maximum atomic E-state index is 11.9. The first-order valence-corrected chi connectivity index (χ1v) is 9.24. The first-order chi connectivity index (χ1) is 13.5. The summed E-state index contributed by atoms with van der Waals surface area (Å²) in [6, 6.07) is 14.0. The minimum atomic E-state index is -0.423. The molecule has 0 heterocycles. The Balaban J connectivity index is 1.95. The predicted molar refractivity (Wildman–Crippen MR) is 112 cm³/mol. The molecule has 0 radical (unpaired) electrons. The van der Waals surface area contributed by atoms with E-state index in [0.717, 1.165) is 12.1 Å². The lowest BCUT2D eigenvalue weighted by molar-refractivity contribution is 0.0597. The molecule has 0 aliphatic rings. The van der Waals surface area contributed by atoms with E-state index in [4.69, 9.17) is 9.47 Å². The zero-order valence-corrected chi connectivity index (χ0v) is 17.2. The molecule has 2 N–H and O–H groups in total. The van der Waals surface area contributed by atoms with Crippen LogP contribution in [-0.2, 0) is 11.3 Å². The largest absolute Gasteiger partial charge is 0.496 e. The summed E-state index contributed by atoms with van der Waals surface area (Å²) in [5.74, 6) is 1.12. The fourth-order valence-corrected chi connectivity index (χ4v) is 2.80. The van der Waals surface area contributed by atoms with Gasteiger partial charge in [-0.3, -0.25) is 4.99 Å². The van der Waals surface area contributed by atoms with Crippen molar-refractivity contribution in [1.82, 2.24) is 10.6 Å². The van der Waals surface area contributed by atoms with Gasteiger partial charge < -0.3 is 20.1 Å². The molecule has 0 spiro atoms. The standard InChI is InChI=1S/C22H29N3O3/c1-15-6-9-18(10-7-15)16(2)13-24-22(23-3)25-14-17-8-11-20(27-4)19(12-17)21(26)28-5/h6-12,16H,13-14H2,1-5H3,(H2,23,24,25). The van der Waals surface area contributed by atoms with Crippen LogP contribution in [0, 0.1) is 6.92 Å². The molecule has 28 heavy (non-hydrogen) atoms. The molecule has 1 unspecified atom stereocenters. The van der Waals surface area contributed by atoms with Gasteiger partial charge in [-0.05, 0) is 36.1 Å². The van der Waals surface area contributed by atoms with Gasteiger partial charge >= 0.3 is 5.97 Å². The van der Waals surface area contributed by atoms with Gasteiger partial charge in [-0.1, -0.05) is 42.8 Å². The molecule has 0 fully saturated rings. The van der Waals surface area contributed by atoms with Crippen LogP contribution in [0.25, 0.3) is 0 Å². The molecular formula is C22H29N3O3. The number of rotatable bonds is 7. The van der Waals surface area contributed by atoms with E-state index in [9.17, 15) is 4.79 Å². The Morgan fingerprint density at radius 2 is 1.82 bits per heavy atom. The highest BCUT2D eigenvalue weighted by molar-refractivity contribution is 5.92. The van der Waals surface area contributed by atoms with Crippen molar-refractivity contribution in [3.8, 4) is 5.75 Å². The fraction of sp³-hybridized carbons (Fsp3) is 0.364. The predicted octanol–water partition coefficient (Wildman–Crippen LogP) is 3.26. The zero-order valence-electron chi connectivity index (χ0n) is 17.2. The molecule has 1 atom stereocenters. The Hall–Kier alpha value is -3.02. The molecular weight excluding hydrogens is 354 g/mol. The quantitative estimate of drug-likeness (QED) is 0.436. The van der Waals surface area contributed by atoms with Gasteiger partial charge in [0.1, 0.15) is 11.3 Å². The molecule has 0 amide bonds. The second-order valence-corrected chi connectivity index (χ2v) is 6.64. The van der Waals surface area contributed by atoms with Crippen molar-refractivity contribution in [2.45, 2.75) is 26.3 Å². The summed E-state index contributed by atoms with van der Waals surface area (Å²) in [6.07, 6.45) is 0. The lowest BCUT2D eigenvalue weighted by Gasteiger charge is -2.17. The van der Waals surface area contributed by atoms with Crippen molar-refractivity contribution < 1.29 is 14.3 Å². The minimum absolute atomic E-state index is 0.353. The first kappa shape index (κ1) is 21.3. The molecule has 0 aliphatic carbocycles. The lowest BCUT2D eigenvalue weighted by Crippen LogP contribution is -2.38. The van der Waals surface area contributed by atoms with Crippen LogP contribution in [-0.4, -0.2) is 39.7 Å². The number of hydrogen-bond donors (Lipinski definition) is 2. The van der Waals surface area contributed by atoms with Gasteiger partial charge in [0.2, 0.25) is 0 Å². The zero-order chi connectivity index (χ0) is 20.5. The Morgan fingerprint density at radius 1 is 1.11 bits per heavy atom. The van der Waals surface area contributed by atoms with Crippen molar-refractivity contribution in [2.75, 3.05) is 27.8 Å². The van der Waals surface area contributed by atoms with E-state index in [0.29, 0.717) is 29.7 Å². The SMILES string of the molecule is CN=C(NCc1ccc(OC)c(C(=O)OC)c1)NCC(C)c1ccc(C)cc1. The second-order valence-electron chi connectivity index (χ2n) is 6.64. The van der Waals surface area contributed by atoms with Gasteiger partial charge in [-0.25, -0.2) is 4.79 Å². The van der Waals surface area contributed by atoms with E-state index in [1.165, 1.54) is 25.3 Å². The van der Waals surface area contributed by atoms with Gasteiger partial charge in [-0.15, -0.1) is 0 Å². The number of aliphatic imine (C=N–C) groups is 1.